The Hall–Kier alpha value is -2.29. The van der Waals surface area contributed by atoms with Gasteiger partial charge in [0.2, 0.25) is 0 Å². The second kappa shape index (κ2) is 46.2. The minimum absolute atomic E-state index is 0.0312. The van der Waals surface area contributed by atoms with Gasteiger partial charge in [0.25, 0.3) is 0 Å². The van der Waals surface area contributed by atoms with E-state index in [1.807, 2.05) is 12.2 Å². The SMILES string of the molecule is CCCCC/C=C\C/C=C\C/C=C\C/C=C\C/C=C\CCC(=O)OC(COC(=O)CCCCCCCCCCCCCCCCCCCCC)COP(=O)(O)OCCNC. The maximum Gasteiger partial charge on any atom is 0.472 e. The molecule has 2 N–H and O–H groups in total. The average molecular weight is 864 g/mol. The van der Waals surface area contributed by atoms with Gasteiger partial charge in [0.15, 0.2) is 6.10 Å². The number of phosphoric acid groups is 1. The number of esters is 2. The Bertz CT molecular complexity index is 1170. The molecule has 0 bridgehead atoms. The number of rotatable bonds is 45. The van der Waals surface area contributed by atoms with Crippen LogP contribution in [0.5, 0.6) is 0 Å². The molecule has 0 aliphatic heterocycles. The van der Waals surface area contributed by atoms with Crippen LogP contribution in [0.2, 0.25) is 0 Å². The molecule has 0 heterocycles. The fourth-order valence-electron chi connectivity index (χ4n) is 6.48. The smallest absolute Gasteiger partial charge is 0.462 e. The molecular formula is C50H90NO8P. The molecule has 0 aromatic carbocycles. The Labute approximate surface area is 368 Å². The number of allylic oxidation sites excluding steroid dienone is 10. The minimum Gasteiger partial charge on any atom is -0.462 e. The highest BCUT2D eigenvalue weighted by atomic mass is 31.2. The molecule has 2 unspecified atom stereocenters. The lowest BCUT2D eigenvalue weighted by atomic mass is 10.0. The number of unbranched alkanes of at least 4 members (excludes halogenated alkanes) is 21. The van der Waals surface area contributed by atoms with E-state index in [1.54, 1.807) is 7.05 Å². The number of nitrogens with one attached hydrogen (secondary N) is 1. The number of carbonyl (C=O) groups is 2. The van der Waals surface area contributed by atoms with Crippen molar-refractivity contribution in [2.75, 3.05) is 33.4 Å². The Balaban J connectivity index is 4.26. The summed E-state index contributed by atoms with van der Waals surface area (Å²) in [5.41, 5.74) is 0. The lowest BCUT2D eigenvalue weighted by molar-refractivity contribution is -0.161. The van der Waals surface area contributed by atoms with E-state index >= 15 is 0 Å². The number of hydrogen-bond donors (Lipinski definition) is 2. The molecule has 0 spiro atoms. The highest BCUT2D eigenvalue weighted by molar-refractivity contribution is 7.47. The van der Waals surface area contributed by atoms with Crippen LogP contribution >= 0.6 is 7.82 Å². The van der Waals surface area contributed by atoms with Crippen molar-refractivity contribution < 1.29 is 37.6 Å². The Kier molecular flexibility index (Phi) is 44.5. The quantitative estimate of drug-likeness (QED) is 0.0267. The van der Waals surface area contributed by atoms with Crippen LogP contribution < -0.4 is 5.32 Å². The van der Waals surface area contributed by atoms with Gasteiger partial charge in [-0.15, -0.1) is 0 Å². The summed E-state index contributed by atoms with van der Waals surface area (Å²) in [7, 11) is -2.68. The molecule has 9 nitrogen and oxygen atoms in total. The summed E-state index contributed by atoms with van der Waals surface area (Å²) in [6.07, 6.45) is 54.3. The van der Waals surface area contributed by atoms with Gasteiger partial charge in [0, 0.05) is 19.4 Å². The molecule has 0 aliphatic rings. The Morgan fingerprint density at radius 1 is 0.517 bits per heavy atom. The van der Waals surface area contributed by atoms with Gasteiger partial charge < -0.3 is 19.7 Å². The normalized spacial score (nSPS) is 13.7. The van der Waals surface area contributed by atoms with Gasteiger partial charge in [0.05, 0.1) is 13.2 Å². The van der Waals surface area contributed by atoms with Crippen LogP contribution in [0, 0.1) is 0 Å². The van der Waals surface area contributed by atoms with Crippen LogP contribution in [0.25, 0.3) is 0 Å². The van der Waals surface area contributed by atoms with Gasteiger partial charge in [-0.1, -0.05) is 203 Å². The van der Waals surface area contributed by atoms with Crippen LogP contribution in [-0.2, 0) is 32.7 Å². The van der Waals surface area contributed by atoms with E-state index < -0.39 is 26.5 Å². The van der Waals surface area contributed by atoms with Gasteiger partial charge in [-0.2, -0.15) is 0 Å². The third-order valence-corrected chi connectivity index (χ3v) is 11.1. The number of ether oxygens (including phenoxy) is 2. The molecule has 10 heteroatoms. The zero-order valence-electron chi connectivity index (χ0n) is 38.6. The molecule has 348 valence electrons. The van der Waals surface area contributed by atoms with E-state index in [4.69, 9.17) is 18.5 Å². The second-order valence-corrected chi connectivity index (χ2v) is 17.4. The first-order valence-corrected chi connectivity index (χ1v) is 25.7. The van der Waals surface area contributed by atoms with Gasteiger partial charge in [-0.05, 0) is 58.4 Å². The topological polar surface area (TPSA) is 120 Å². The van der Waals surface area contributed by atoms with Crippen molar-refractivity contribution in [2.45, 2.75) is 213 Å². The number of carbonyl (C=O) groups excluding carboxylic acids is 2. The molecule has 0 amide bonds. The van der Waals surface area contributed by atoms with E-state index in [2.05, 4.69) is 67.8 Å². The standard InChI is InChI=1S/C50H90NO8P/c1-4-6-8-10-12-14-16-18-20-22-24-26-28-30-32-34-36-38-40-42-49(52)56-46-48(47-58-60(54,55)57-45-44-51-3)59-50(53)43-41-39-37-35-33-31-29-27-25-23-21-19-17-15-13-11-9-7-5-2/h13,15,19,21,25,27,31,33,37,39,48,51H,4-12,14,16-18,20,22-24,26,28-30,32,34-36,38,40-47H2,1-3H3,(H,54,55)/b15-13-,21-19-,27-25-,33-31-,39-37-. The van der Waals surface area contributed by atoms with Crippen molar-refractivity contribution in [3.05, 3.63) is 60.8 Å². The van der Waals surface area contributed by atoms with E-state index in [0.29, 0.717) is 13.0 Å². The first-order valence-electron chi connectivity index (χ1n) is 24.2. The van der Waals surface area contributed by atoms with Gasteiger partial charge in [-0.25, -0.2) is 4.57 Å². The highest BCUT2D eigenvalue weighted by Gasteiger charge is 2.26. The lowest BCUT2D eigenvalue weighted by Crippen LogP contribution is -2.29. The van der Waals surface area contributed by atoms with Crippen molar-refractivity contribution in [3.63, 3.8) is 0 Å². The van der Waals surface area contributed by atoms with Crippen molar-refractivity contribution in [2.24, 2.45) is 0 Å². The van der Waals surface area contributed by atoms with E-state index in [1.165, 1.54) is 128 Å². The first-order chi connectivity index (χ1) is 29.3. The van der Waals surface area contributed by atoms with E-state index in [0.717, 1.165) is 44.9 Å². The monoisotopic (exact) mass is 864 g/mol. The third-order valence-electron chi connectivity index (χ3n) is 10.2. The maximum atomic E-state index is 12.6. The van der Waals surface area contributed by atoms with E-state index in [-0.39, 0.29) is 32.0 Å². The predicted molar refractivity (Wildman–Crippen MR) is 252 cm³/mol. The predicted octanol–water partition coefficient (Wildman–Crippen LogP) is 14.3. The maximum absolute atomic E-state index is 12.6. The molecule has 0 aromatic heterocycles. The molecule has 0 saturated carbocycles. The number of phosphoric ester groups is 1. The zero-order chi connectivity index (χ0) is 43.9. The molecule has 0 aliphatic carbocycles. The summed E-state index contributed by atoms with van der Waals surface area (Å²) in [5, 5.41) is 2.82. The molecule has 0 fully saturated rings. The third kappa shape index (κ3) is 45.2. The molecule has 0 saturated heterocycles. The molecule has 0 radical (unpaired) electrons. The summed E-state index contributed by atoms with van der Waals surface area (Å²) in [4.78, 5) is 35.1. The second-order valence-electron chi connectivity index (χ2n) is 15.9. The summed E-state index contributed by atoms with van der Waals surface area (Å²) >= 11 is 0. The zero-order valence-corrected chi connectivity index (χ0v) is 39.5. The van der Waals surface area contributed by atoms with Crippen LogP contribution in [0.3, 0.4) is 0 Å². The average Bonchev–Trinajstić information content (AvgIpc) is 3.23. The summed E-state index contributed by atoms with van der Waals surface area (Å²) < 4.78 is 33.2. The Morgan fingerprint density at radius 2 is 0.933 bits per heavy atom. The Morgan fingerprint density at radius 3 is 1.40 bits per heavy atom. The summed E-state index contributed by atoms with van der Waals surface area (Å²) in [6.45, 7) is 4.13. The molecule has 0 rings (SSSR count). The highest BCUT2D eigenvalue weighted by Crippen LogP contribution is 2.43. The fraction of sp³-hybridized carbons (Fsp3) is 0.760. The molecule has 60 heavy (non-hydrogen) atoms. The summed E-state index contributed by atoms with van der Waals surface area (Å²) in [5.74, 6) is -0.898. The summed E-state index contributed by atoms with van der Waals surface area (Å²) in [6, 6.07) is 0. The van der Waals surface area contributed by atoms with Gasteiger partial charge in [-0.3, -0.25) is 18.6 Å². The number of hydrogen-bond acceptors (Lipinski definition) is 8. The lowest BCUT2D eigenvalue weighted by Gasteiger charge is -2.19. The van der Waals surface area contributed by atoms with Crippen LogP contribution in [0.15, 0.2) is 60.8 Å². The van der Waals surface area contributed by atoms with Crippen molar-refractivity contribution in [1.29, 1.82) is 0 Å². The van der Waals surface area contributed by atoms with Gasteiger partial charge in [0.1, 0.15) is 6.61 Å². The van der Waals surface area contributed by atoms with E-state index in [9.17, 15) is 19.0 Å². The van der Waals surface area contributed by atoms with Crippen molar-refractivity contribution >= 4 is 19.8 Å². The van der Waals surface area contributed by atoms with Crippen LogP contribution in [0.4, 0.5) is 0 Å². The van der Waals surface area contributed by atoms with Crippen LogP contribution in [0.1, 0.15) is 206 Å². The van der Waals surface area contributed by atoms with Crippen molar-refractivity contribution in [3.8, 4) is 0 Å². The van der Waals surface area contributed by atoms with Gasteiger partial charge >= 0.3 is 19.8 Å². The molecule has 0 aromatic rings. The molecule has 2 atom stereocenters. The fourth-order valence-corrected chi connectivity index (χ4v) is 7.23. The minimum atomic E-state index is -4.37. The van der Waals surface area contributed by atoms with Crippen molar-refractivity contribution in [1.82, 2.24) is 5.32 Å². The molecular weight excluding hydrogens is 774 g/mol. The number of likely N-dealkylation sites (N-methyl/N-ethyl adjacent to an activating group) is 1. The van der Waals surface area contributed by atoms with Crippen LogP contribution in [-0.4, -0.2) is 56.3 Å². The first kappa shape index (κ1) is 57.7. The largest absolute Gasteiger partial charge is 0.472 e.